The summed E-state index contributed by atoms with van der Waals surface area (Å²) < 4.78 is 0. The van der Waals surface area contributed by atoms with Gasteiger partial charge in [-0.25, -0.2) is 4.98 Å². The SMILES string of the molecule is Cc1nc(C(C)(C)C)sc1C(=O)Nc1ccccc1CC(=O)O. The second-order valence-corrected chi connectivity index (χ2v) is 7.36. The van der Waals surface area contributed by atoms with Gasteiger partial charge in [0.1, 0.15) is 4.88 Å². The van der Waals surface area contributed by atoms with Gasteiger partial charge in [-0.2, -0.15) is 0 Å². The van der Waals surface area contributed by atoms with E-state index < -0.39 is 5.97 Å². The van der Waals surface area contributed by atoms with Crippen molar-refractivity contribution in [1.82, 2.24) is 4.98 Å². The zero-order valence-electron chi connectivity index (χ0n) is 13.6. The number of anilines is 1. The summed E-state index contributed by atoms with van der Waals surface area (Å²) in [7, 11) is 0. The summed E-state index contributed by atoms with van der Waals surface area (Å²) in [6.07, 6.45) is -0.134. The number of carbonyl (C=O) groups excluding carboxylic acids is 1. The molecule has 122 valence electrons. The number of nitrogens with one attached hydrogen (secondary N) is 1. The van der Waals surface area contributed by atoms with Gasteiger partial charge in [-0.15, -0.1) is 11.3 Å². The third kappa shape index (κ3) is 4.16. The van der Waals surface area contributed by atoms with Gasteiger partial charge in [0.25, 0.3) is 5.91 Å². The zero-order chi connectivity index (χ0) is 17.2. The Hall–Kier alpha value is -2.21. The third-order valence-corrected chi connectivity index (χ3v) is 4.83. The van der Waals surface area contributed by atoms with Gasteiger partial charge in [0.05, 0.1) is 17.1 Å². The average molecular weight is 332 g/mol. The lowest BCUT2D eigenvalue weighted by atomic mass is 9.98. The molecular weight excluding hydrogens is 312 g/mol. The molecule has 6 heteroatoms. The molecule has 0 radical (unpaired) electrons. The first-order valence-electron chi connectivity index (χ1n) is 7.27. The predicted octanol–water partition coefficient (Wildman–Crippen LogP) is 3.63. The van der Waals surface area contributed by atoms with Crippen LogP contribution in [0.15, 0.2) is 24.3 Å². The van der Waals surface area contributed by atoms with Crippen molar-refractivity contribution in [3.63, 3.8) is 0 Å². The minimum absolute atomic E-state index is 0.116. The second kappa shape index (κ2) is 6.50. The van der Waals surface area contributed by atoms with E-state index in [1.54, 1.807) is 24.3 Å². The number of carboxylic acids is 1. The van der Waals surface area contributed by atoms with Gasteiger partial charge < -0.3 is 10.4 Å². The Bertz CT molecular complexity index is 745. The van der Waals surface area contributed by atoms with Crippen LogP contribution in [0.2, 0.25) is 0 Å². The lowest BCUT2D eigenvalue weighted by Crippen LogP contribution is -2.14. The van der Waals surface area contributed by atoms with Crippen molar-refractivity contribution >= 4 is 28.9 Å². The van der Waals surface area contributed by atoms with Crippen molar-refractivity contribution in [3.05, 3.63) is 45.4 Å². The van der Waals surface area contributed by atoms with Crippen molar-refractivity contribution < 1.29 is 14.7 Å². The van der Waals surface area contributed by atoms with E-state index in [0.29, 0.717) is 21.8 Å². The second-order valence-electron chi connectivity index (χ2n) is 6.37. The molecular formula is C17H20N2O3S. The number of nitrogens with zero attached hydrogens (tertiary/aromatic N) is 1. The van der Waals surface area contributed by atoms with Crippen LogP contribution in [0.1, 0.15) is 46.7 Å². The number of aryl methyl sites for hydroxylation is 1. The molecule has 2 rings (SSSR count). The molecule has 0 aliphatic rings. The summed E-state index contributed by atoms with van der Waals surface area (Å²) in [5.74, 6) is -1.19. The number of benzene rings is 1. The molecule has 0 saturated carbocycles. The highest BCUT2D eigenvalue weighted by Gasteiger charge is 2.23. The lowest BCUT2D eigenvalue weighted by Gasteiger charge is -2.13. The van der Waals surface area contributed by atoms with Crippen LogP contribution >= 0.6 is 11.3 Å². The van der Waals surface area contributed by atoms with Crippen LogP contribution in [0, 0.1) is 6.92 Å². The molecule has 1 aromatic heterocycles. The molecule has 2 N–H and O–H groups in total. The molecule has 0 aliphatic heterocycles. The maximum Gasteiger partial charge on any atom is 0.307 e. The van der Waals surface area contributed by atoms with E-state index in [0.717, 1.165) is 5.01 Å². The van der Waals surface area contributed by atoms with E-state index in [2.05, 4.69) is 31.1 Å². The summed E-state index contributed by atoms with van der Waals surface area (Å²) in [5, 5.41) is 12.7. The van der Waals surface area contributed by atoms with Gasteiger partial charge >= 0.3 is 5.97 Å². The lowest BCUT2D eigenvalue weighted by molar-refractivity contribution is -0.136. The molecule has 1 amide bonds. The number of aromatic nitrogens is 1. The van der Waals surface area contributed by atoms with Gasteiger partial charge in [0, 0.05) is 11.1 Å². The fourth-order valence-corrected chi connectivity index (χ4v) is 3.09. The molecule has 0 spiro atoms. The van der Waals surface area contributed by atoms with Crippen LogP contribution in [0.4, 0.5) is 5.69 Å². The van der Waals surface area contributed by atoms with E-state index >= 15 is 0 Å². The maximum atomic E-state index is 12.5. The smallest absolute Gasteiger partial charge is 0.307 e. The monoisotopic (exact) mass is 332 g/mol. The molecule has 1 aromatic carbocycles. The Morgan fingerprint density at radius 2 is 1.91 bits per heavy atom. The average Bonchev–Trinajstić information content (AvgIpc) is 2.82. The number of aliphatic carboxylic acids is 1. The summed E-state index contributed by atoms with van der Waals surface area (Å²) in [4.78, 5) is 28.5. The Kier molecular flexibility index (Phi) is 4.85. The minimum Gasteiger partial charge on any atom is -0.481 e. The third-order valence-electron chi connectivity index (χ3n) is 3.25. The molecule has 0 bridgehead atoms. The van der Waals surface area contributed by atoms with Crippen molar-refractivity contribution in [2.24, 2.45) is 0 Å². The molecule has 2 aromatic rings. The van der Waals surface area contributed by atoms with Crippen molar-refractivity contribution in [2.45, 2.75) is 39.5 Å². The van der Waals surface area contributed by atoms with Crippen LogP contribution in [0.5, 0.6) is 0 Å². The number of para-hydroxylation sites is 1. The van der Waals surface area contributed by atoms with Gasteiger partial charge in [-0.05, 0) is 18.6 Å². The zero-order valence-corrected chi connectivity index (χ0v) is 14.5. The van der Waals surface area contributed by atoms with Crippen molar-refractivity contribution in [2.75, 3.05) is 5.32 Å². The molecule has 23 heavy (non-hydrogen) atoms. The Morgan fingerprint density at radius 1 is 1.26 bits per heavy atom. The highest BCUT2D eigenvalue weighted by Crippen LogP contribution is 2.30. The molecule has 0 atom stereocenters. The van der Waals surface area contributed by atoms with E-state index in [1.807, 2.05) is 6.92 Å². The first-order chi connectivity index (χ1) is 10.7. The molecule has 5 nitrogen and oxygen atoms in total. The van der Waals surface area contributed by atoms with Gasteiger partial charge in [0.2, 0.25) is 0 Å². The predicted molar refractivity (Wildman–Crippen MR) is 91.3 cm³/mol. The first-order valence-corrected chi connectivity index (χ1v) is 8.09. The number of hydrogen-bond acceptors (Lipinski definition) is 4. The van der Waals surface area contributed by atoms with E-state index in [4.69, 9.17) is 5.11 Å². The number of thiazole rings is 1. The van der Waals surface area contributed by atoms with Crippen LogP contribution in [-0.4, -0.2) is 22.0 Å². The maximum absolute atomic E-state index is 12.5. The van der Waals surface area contributed by atoms with E-state index in [1.165, 1.54) is 11.3 Å². The number of carbonyl (C=O) groups is 2. The van der Waals surface area contributed by atoms with E-state index in [-0.39, 0.29) is 17.7 Å². The number of hydrogen-bond donors (Lipinski definition) is 2. The Morgan fingerprint density at radius 3 is 2.48 bits per heavy atom. The van der Waals surface area contributed by atoms with Crippen LogP contribution in [0.3, 0.4) is 0 Å². The van der Waals surface area contributed by atoms with Crippen LogP contribution < -0.4 is 5.32 Å². The number of rotatable bonds is 4. The summed E-state index contributed by atoms with van der Waals surface area (Å²) in [5.41, 5.74) is 1.67. The fourth-order valence-electron chi connectivity index (χ4n) is 2.07. The highest BCUT2D eigenvalue weighted by atomic mass is 32.1. The molecule has 0 saturated heterocycles. The highest BCUT2D eigenvalue weighted by molar-refractivity contribution is 7.14. The van der Waals surface area contributed by atoms with E-state index in [9.17, 15) is 9.59 Å². The van der Waals surface area contributed by atoms with Gasteiger partial charge in [-0.1, -0.05) is 39.0 Å². The summed E-state index contributed by atoms with van der Waals surface area (Å²) >= 11 is 1.37. The fraction of sp³-hybridized carbons (Fsp3) is 0.353. The Balaban J connectivity index is 2.27. The molecule has 1 heterocycles. The van der Waals surface area contributed by atoms with Crippen molar-refractivity contribution in [1.29, 1.82) is 0 Å². The summed E-state index contributed by atoms with van der Waals surface area (Å²) in [6, 6.07) is 6.92. The van der Waals surface area contributed by atoms with Crippen LogP contribution in [0.25, 0.3) is 0 Å². The van der Waals surface area contributed by atoms with Crippen molar-refractivity contribution in [3.8, 4) is 0 Å². The number of carboxylic acid groups (broad SMARTS) is 1. The standard InChI is InChI=1S/C17H20N2O3S/c1-10-14(23-16(18-10)17(2,3)4)15(22)19-12-8-6-5-7-11(12)9-13(20)21/h5-8H,9H2,1-4H3,(H,19,22)(H,20,21). The summed E-state index contributed by atoms with van der Waals surface area (Å²) in [6.45, 7) is 7.96. The first kappa shape index (κ1) is 17.1. The molecule has 0 unspecified atom stereocenters. The minimum atomic E-state index is -0.935. The topological polar surface area (TPSA) is 79.3 Å². The number of amides is 1. The Labute approximate surface area is 139 Å². The molecule has 0 fully saturated rings. The van der Waals surface area contributed by atoms with Crippen LogP contribution in [-0.2, 0) is 16.6 Å². The largest absolute Gasteiger partial charge is 0.481 e. The molecule has 0 aliphatic carbocycles. The normalized spacial score (nSPS) is 11.3. The quantitative estimate of drug-likeness (QED) is 0.896. The van der Waals surface area contributed by atoms with Gasteiger partial charge in [-0.3, -0.25) is 9.59 Å². The van der Waals surface area contributed by atoms with Gasteiger partial charge in [0.15, 0.2) is 0 Å².